The Morgan fingerprint density at radius 2 is 2.03 bits per heavy atom. The molecule has 1 aliphatic carbocycles. The van der Waals surface area contributed by atoms with Crippen molar-refractivity contribution in [1.29, 1.82) is 0 Å². The van der Waals surface area contributed by atoms with Crippen LogP contribution in [0.25, 0.3) is 11.0 Å². The van der Waals surface area contributed by atoms with Gasteiger partial charge in [-0.3, -0.25) is 4.57 Å². The van der Waals surface area contributed by atoms with E-state index in [1.807, 2.05) is 13.0 Å². The molecule has 31 heavy (non-hydrogen) atoms. The summed E-state index contributed by atoms with van der Waals surface area (Å²) >= 11 is 6.19. The van der Waals surface area contributed by atoms with E-state index in [4.69, 9.17) is 26.1 Å². The molecule has 2 aromatic rings. The summed E-state index contributed by atoms with van der Waals surface area (Å²) in [6.45, 7) is 2.44. The summed E-state index contributed by atoms with van der Waals surface area (Å²) in [4.78, 5) is 22.5. The third-order valence-corrected chi connectivity index (χ3v) is 6.12. The second-order valence-electron chi connectivity index (χ2n) is 8.07. The number of aliphatic hydroxyl groups excluding tert-OH is 2. The van der Waals surface area contributed by atoms with Crippen LogP contribution in [0.4, 0.5) is 5.82 Å². The lowest BCUT2D eigenvalue weighted by atomic mass is 10.1. The lowest BCUT2D eigenvalue weighted by Crippen LogP contribution is -2.34. The Bertz CT molecular complexity index is 993. The number of nitrogens with one attached hydrogen (secondary N) is 1. The van der Waals surface area contributed by atoms with E-state index in [1.54, 1.807) is 4.57 Å². The number of aliphatic hydroxyl groups is 2. The van der Waals surface area contributed by atoms with Crippen molar-refractivity contribution >= 4 is 36.0 Å². The number of hydrogen-bond donors (Lipinski definition) is 4. The van der Waals surface area contributed by atoms with Gasteiger partial charge in [-0.2, -0.15) is 4.98 Å². The van der Waals surface area contributed by atoms with Crippen LogP contribution < -0.4 is 5.32 Å². The van der Waals surface area contributed by atoms with Gasteiger partial charge < -0.3 is 29.7 Å². The fourth-order valence-corrected chi connectivity index (χ4v) is 4.58. The molecule has 3 heterocycles. The molecule has 2 aromatic heterocycles. The minimum absolute atomic E-state index is 0.0512. The van der Waals surface area contributed by atoms with Gasteiger partial charge in [0.25, 0.3) is 0 Å². The summed E-state index contributed by atoms with van der Waals surface area (Å²) in [5.74, 6) is 0.617. The zero-order valence-electron chi connectivity index (χ0n) is 17.1. The van der Waals surface area contributed by atoms with Gasteiger partial charge in [0, 0.05) is 18.4 Å². The van der Waals surface area contributed by atoms with E-state index in [9.17, 15) is 14.8 Å². The molecule has 172 valence electrons. The van der Waals surface area contributed by atoms with Crippen LogP contribution in [0.1, 0.15) is 37.6 Å². The molecule has 0 spiro atoms. The molecule has 0 aromatic carbocycles. The average molecular weight is 477 g/mol. The topological polar surface area (TPSA) is 148 Å². The standard InChI is InChI=1S/C18H26ClN4O7P/c1-9-7-11-15(20-10-5-3-4-6-10)21-18(19)22-16(11)23(9)17-14(25)13(24)12(29-17)8-28-30-31(2,26)27/h7,10,12-14,17,24-25H,3-6,8H2,1-2H3,(H,26,27)(H,20,21,22)/t12-,13-,14-,17-/m1/s1. The molecule has 1 unspecified atom stereocenters. The normalized spacial score (nSPS) is 29.0. The molecule has 13 heteroatoms. The minimum Gasteiger partial charge on any atom is -0.387 e. The lowest BCUT2D eigenvalue weighted by molar-refractivity contribution is -0.238. The third-order valence-electron chi connectivity index (χ3n) is 5.57. The molecule has 1 saturated heterocycles. The Morgan fingerprint density at radius 1 is 1.32 bits per heavy atom. The van der Waals surface area contributed by atoms with Crippen LogP contribution in [0.5, 0.6) is 0 Å². The molecule has 2 fully saturated rings. The van der Waals surface area contributed by atoms with Gasteiger partial charge in [0.05, 0.1) is 5.39 Å². The average Bonchev–Trinajstić information content (AvgIpc) is 3.36. The Morgan fingerprint density at radius 3 is 2.71 bits per heavy atom. The minimum atomic E-state index is -3.85. The first-order valence-electron chi connectivity index (χ1n) is 10.1. The Hall–Kier alpha value is -1.30. The van der Waals surface area contributed by atoms with Crippen LogP contribution >= 0.6 is 19.2 Å². The van der Waals surface area contributed by atoms with Crippen molar-refractivity contribution in [3.05, 3.63) is 17.0 Å². The van der Waals surface area contributed by atoms with Gasteiger partial charge >= 0.3 is 7.60 Å². The van der Waals surface area contributed by atoms with Crippen LogP contribution in [0.2, 0.25) is 5.28 Å². The summed E-state index contributed by atoms with van der Waals surface area (Å²) in [6.07, 6.45) is -0.138. The van der Waals surface area contributed by atoms with Gasteiger partial charge in [-0.05, 0) is 37.4 Å². The van der Waals surface area contributed by atoms with Crippen molar-refractivity contribution in [2.24, 2.45) is 0 Å². The van der Waals surface area contributed by atoms with Gasteiger partial charge in [-0.1, -0.05) is 12.8 Å². The highest BCUT2D eigenvalue weighted by atomic mass is 35.5. The van der Waals surface area contributed by atoms with E-state index in [0.717, 1.165) is 43.4 Å². The molecule has 11 nitrogen and oxygen atoms in total. The fraction of sp³-hybridized carbons (Fsp3) is 0.667. The van der Waals surface area contributed by atoms with Crippen molar-refractivity contribution < 1.29 is 34.0 Å². The van der Waals surface area contributed by atoms with Crippen LogP contribution in [0.15, 0.2) is 6.07 Å². The lowest BCUT2D eigenvalue weighted by Gasteiger charge is -2.20. The third kappa shape index (κ3) is 4.89. The van der Waals surface area contributed by atoms with Gasteiger partial charge in [-0.25, -0.2) is 9.87 Å². The highest BCUT2D eigenvalue weighted by molar-refractivity contribution is 7.51. The maximum absolute atomic E-state index is 11.2. The first-order valence-corrected chi connectivity index (χ1v) is 12.5. The molecule has 2 aliphatic rings. The van der Waals surface area contributed by atoms with E-state index in [1.165, 1.54) is 0 Å². The number of rotatable bonds is 7. The summed E-state index contributed by atoms with van der Waals surface area (Å²) in [7, 11) is -3.85. The number of aryl methyl sites for hydroxylation is 1. The smallest absolute Gasteiger partial charge is 0.352 e. The molecule has 0 radical (unpaired) electrons. The molecule has 5 atom stereocenters. The first kappa shape index (κ1) is 22.9. The molecule has 1 aliphatic heterocycles. The predicted octanol–water partition coefficient (Wildman–Crippen LogP) is 2.13. The maximum Gasteiger partial charge on any atom is 0.352 e. The molecule has 0 bridgehead atoms. The molecule has 1 saturated carbocycles. The molecular weight excluding hydrogens is 451 g/mol. The highest BCUT2D eigenvalue weighted by Crippen LogP contribution is 2.39. The number of hydrogen-bond acceptors (Lipinski definition) is 9. The van der Waals surface area contributed by atoms with Crippen LogP contribution in [-0.4, -0.2) is 67.3 Å². The number of ether oxygens (including phenoxy) is 1. The number of aromatic nitrogens is 3. The molecule has 4 rings (SSSR count). The van der Waals surface area contributed by atoms with Gasteiger partial charge in [0.1, 0.15) is 36.4 Å². The summed E-state index contributed by atoms with van der Waals surface area (Å²) < 4.78 is 23.0. The summed E-state index contributed by atoms with van der Waals surface area (Å²) in [5, 5.41) is 25.2. The van der Waals surface area contributed by atoms with E-state index >= 15 is 0 Å². The summed E-state index contributed by atoms with van der Waals surface area (Å²) in [5.41, 5.74) is 1.18. The van der Waals surface area contributed by atoms with Gasteiger partial charge in [-0.15, -0.1) is 4.67 Å². The van der Waals surface area contributed by atoms with E-state index in [2.05, 4.69) is 20.0 Å². The number of halogens is 1. The highest BCUT2D eigenvalue weighted by Gasteiger charge is 2.45. The Balaban J connectivity index is 1.60. The first-order chi connectivity index (χ1) is 14.6. The number of anilines is 1. The zero-order chi connectivity index (χ0) is 22.3. The van der Waals surface area contributed by atoms with Crippen molar-refractivity contribution in [1.82, 2.24) is 14.5 Å². The van der Waals surface area contributed by atoms with Crippen molar-refractivity contribution in [3.63, 3.8) is 0 Å². The quantitative estimate of drug-likeness (QED) is 0.202. The van der Waals surface area contributed by atoms with Crippen LogP contribution in [0.3, 0.4) is 0 Å². The number of nitrogens with zero attached hydrogens (tertiary/aromatic N) is 3. The molecule has 4 N–H and O–H groups in total. The van der Waals surface area contributed by atoms with Crippen molar-refractivity contribution in [2.45, 2.75) is 63.2 Å². The number of fused-ring (bicyclic) bond motifs is 1. The monoisotopic (exact) mass is 476 g/mol. The fourth-order valence-electron chi connectivity index (χ4n) is 4.16. The van der Waals surface area contributed by atoms with Gasteiger partial charge in [0.15, 0.2) is 6.23 Å². The van der Waals surface area contributed by atoms with Crippen LogP contribution in [0, 0.1) is 6.92 Å². The summed E-state index contributed by atoms with van der Waals surface area (Å²) in [6, 6.07) is 2.19. The van der Waals surface area contributed by atoms with Crippen LogP contribution in [-0.2, 0) is 18.9 Å². The zero-order valence-corrected chi connectivity index (χ0v) is 18.8. The van der Waals surface area contributed by atoms with Gasteiger partial charge in [0.2, 0.25) is 5.28 Å². The molecule has 0 amide bonds. The van der Waals surface area contributed by atoms with E-state index in [-0.39, 0.29) is 11.9 Å². The van der Waals surface area contributed by atoms with Crippen molar-refractivity contribution in [3.8, 4) is 0 Å². The maximum atomic E-state index is 11.2. The molecular formula is C18H26ClN4O7P. The SMILES string of the molecule is Cc1cc2c(NC3CCCC3)nc(Cl)nc2n1[C@@H]1O[C@H](COOP(C)(=O)O)[C@@H](O)[C@H]1O. The second kappa shape index (κ2) is 8.92. The van der Waals surface area contributed by atoms with Crippen molar-refractivity contribution in [2.75, 3.05) is 18.6 Å². The predicted molar refractivity (Wildman–Crippen MR) is 112 cm³/mol. The Labute approximate surface area is 183 Å². The van der Waals surface area contributed by atoms with E-state index in [0.29, 0.717) is 17.5 Å². The second-order valence-corrected chi connectivity index (χ2v) is 10.2. The Kier molecular flexibility index (Phi) is 6.58. The largest absolute Gasteiger partial charge is 0.387 e. The van der Waals surface area contributed by atoms with E-state index < -0.39 is 32.1 Å².